The van der Waals surface area contributed by atoms with Crippen molar-refractivity contribution in [2.24, 2.45) is 34.3 Å². The van der Waals surface area contributed by atoms with Crippen LogP contribution in [-0.2, 0) is 0 Å². The van der Waals surface area contributed by atoms with Gasteiger partial charge in [-0.1, -0.05) is 40.5 Å². The smallest absolute Gasteiger partial charge is 0.0711 e. The van der Waals surface area contributed by atoms with Crippen LogP contribution in [0, 0.1) is 28.6 Å². The van der Waals surface area contributed by atoms with Crippen LogP contribution in [0.3, 0.4) is 0 Å². The predicted molar refractivity (Wildman–Crippen MR) is 98.5 cm³/mol. The third-order valence-corrected chi connectivity index (χ3v) is 8.76. The van der Waals surface area contributed by atoms with Crippen molar-refractivity contribution in [3.05, 3.63) is 0 Å². The van der Waals surface area contributed by atoms with Gasteiger partial charge in [0.25, 0.3) is 0 Å². The van der Waals surface area contributed by atoms with Gasteiger partial charge < -0.3 is 15.9 Å². The fourth-order valence-electron chi connectivity index (χ4n) is 7.26. The standard InChI is InChI=1S/C21H39NO2/c1-6-18(3)10-7-8-16-20(5)14(2)9-11-19(4,22)17(20)15(23)12-21(16,24)13-18/h14-17,23-24H,6-13,22H2,1-5H3/t14?,15-,16-,17?,18+,19+,20-,21-/m1/s1. The zero-order chi connectivity index (χ0) is 18.0. The number of aliphatic hydroxyl groups is 2. The SMILES string of the molecule is CC[C@@]1(C)CCC[C@H]2[C@@](O)(C[C@@H](O)C3[C@]2(C)C(C)CC[C@]3(C)N)C1. The Hall–Kier alpha value is -0.120. The molecule has 140 valence electrons. The average Bonchev–Trinajstić information content (AvgIpc) is 2.59. The monoisotopic (exact) mass is 337 g/mol. The van der Waals surface area contributed by atoms with Gasteiger partial charge in [-0.25, -0.2) is 0 Å². The number of nitrogens with two attached hydrogens (primary N) is 1. The summed E-state index contributed by atoms with van der Waals surface area (Å²) >= 11 is 0. The predicted octanol–water partition coefficient (Wildman–Crippen LogP) is 3.86. The molecular weight excluding hydrogens is 298 g/mol. The molecule has 4 N–H and O–H groups in total. The van der Waals surface area contributed by atoms with Crippen LogP contribution >= 0.6 is 0 Å². The van der Waals surface area contributed by atoms with Crippen molar-refractivity contribution in [1.82, 2.24) is 0 Å². The Kier molecular flexibility index (Phi) is 4.42. The van der Waals surface area contributed by atoms with Gasteiger partial charge in [-0.2, -0.15) is 0 Å². The molecule has 0 spiro atoms. The summed E-state index contributed by atoms with van der Waals surface area (Å²) in [6.07, 6.45) is 7.47. The van der Waals surface area contributed by atoms with Crippen LogP contribution in [0.2, 0.25) is 0 Å². The Bertz CT molecular complexity index is 492. The maximum atomic E-state index is 11.8. The molecule has 0 radical (unpaired) electrons. The molecule has 0 amide bonds. The van der Waals surface area contributed by atoms with E-state index in [9.17, 15) is 10.2 Å². The molecule has 24 heavy (non-hydrogen) atoms. The molecule has 0 aromatic carbocycles. The van der Waals surface area contributed by atoms with E-state index in [0.717, 1.165) is 32.1 Å². The van der Waals surface area contributed by atoms with Crippen molar-refractivity contribution in [2.45, 2.75) is 103 Å². The molecule has 0 aromatic heterocycles. The molecule has 2 unspecified atom stereocenters. The van der Waals surface area contributed by atoms with Crippen molar-refractivity contribution < 1.29 is 10.2 Å². The number of fused-ring (bicyclic) bond motifs is 3. The molecule has 0 bridgehead atoms. The summed E-state index contributed by atoms with van der Waals surface area (Å²) in [6.45, 7) is 11.4. The van der Waals surface area contributed by atoms with Crippen molar-refractivity contribution in [1.29, 1.82) is 0 Å². The summed E-state index contributed by atoms with van der Waals surface area (Å²) in [5.41, 5.74) is 5.75. The van der Waals surface area contributed by atoms with Crippen molar-refractivity contribution >= 4 is 0 Å². The maximum absolute atomic E-state index is 11.8. The van der Waals surface area contributed by atoms with E-state index in [1.807, 2.05) is 0 Å². The van der Waals surface area contributed by atoms with Gasteiger partial charge in [0.2, 0.25) is 0 Å². The van der Waals surface area contributed by atoms with Crippen LogP contribution < -0.4 is 5.73 Å². The Morgan fingerprint density at radius 3 is 2.42 bits per heavy atom. The number of rotatable bonds is 1. The topological polar surface area (TPSA) is 66.5 Å². The summed E-state index contributed by atoms with van der Waals surface area (Å²) in [6, 6.07) is 0. The molecule has 3 saturated carbocycles. The molecule has 3 rings (SSSR count). The second-order valence-electron chi connectivity index (χ2n) is 10.5. The van der Waals surface area contributed by atoms with Gasteiger partial charge in [0.1, 0.15) is 0 Å². The van der Waals surface area contributed by atoms with Gasteiger partial charge >= 0.3 is 0 Å². The number of aliphatic hydroxyl groups excluding tert-OH is 1. The van der Waals surface area contributed by atoms with Crippen LogP contribution in [0.4, 0.5) is 0 Å². The third kappa shape index (κ3) is 2.57. The second-order valence-corrected chi connectivity index (χ2v) is 10.5. The Balaban J connectivity index is 2.07. The van der Waals surface area contributed by atoms with E-state index in [1.165, 1.54) is 12.8 Å². The lowest BCUT2D eigenvalue weighted by Crippen LogP contribution is -2.70. The molecule has 0 heterocycles. The van der Waals surface area contributed by atoms with Gasteiger partial charge in [-0.3, -0.25) is 0 Å². The minimum atomic E-state index is -0.742. The van der Waals surface area contributed by atoms with E-state index in [1.54, 1.807) is 0 Å². The van der Waals surface area contributed by atoms with Crippen LogP contribution in [-0.4, -0.2) is 27.5 Å². The minimum Gasteiger partial charge on any atom is -0.393 e. The molecule has 8 atom stereocenters. The maximum Gasteiger partial charge on any atom is 0.0711 e. The first kappa shape index (κ1) is 18.7. The summed E-state index contributed by atoms with van der Waals surface area (Å²) in [4.78, 5) is 0. The van der Waals surface area contributed by atoms with Crippen LogP contribution in [0.1, 0.15) is 86.0 Å². The summed E-state index contributed by atoms with van der Waals surface area (Å²) < 4.78 is 0. The van der Waals surface area contributed by atoms with Crippen molar-refractivity contribution in [2.75, 3.05) is 0 Å². The van der Waals surface area contributed by atoms with E-state index < -0.39 is 11.7 Å². The number of hydrogen-bond donors (Lipinski definition) is 3. The van der Waals surface area contributed by atoms with E-state index in [4.69, 9.17) is 5.73 Å². The molecular formula is C21H39NO2. The van der Waals surface area contributed by atoms with Gasteiger partial charge in [0.15, 0.2) is 0 Å². The summed E-state index contributed by atoms with van der Waals surface area (Å²) in [7, 11) is 0. The first-order valence-electron chi connectivity index (χ1n) is 10.2. The fourth-order valence-corrected chi connectivity index (χ4v) is 7.26. The van der Waals surface area contributed by atoms with E-state index >= 15 is 0 Å². The Morgan fingerprint density at radius 2 is 1.79 bits per heavy atom. The van der Waals surface area contributed by atoms with Crippen LogP contribution in [0.25, 0.3) is 0 Å². The zero-order valence-corrected chi connectivity index (χ0v) is 16.4. The molecule has 0 aliphatic heterocycles. The normalized spacial score (nSPS) is 58.5. The van der Waals surface area contributed by atoms with E-state index in [2.05, 4.69) is 34.6 Å². The quantitative estimate of drug-likeness (QED) is 0.680. The van der Waals surface area contributed by atoms with Crippen LogP contribution in [0.5, 0.6) is 0 Å². The molecule has 3 nitrogen and oxygen atoms in total. The first-order valence-corrected chi connectivity index (χ1v) is 10.2. The minimum absolute atomic E-state index is 0.0762. The summed E-state index contributed by atoms with van der Waals surface area (Å²) in [5, 5.41) is 22.9. The van der Waals surface area contributed by atoms with Crippen LogP contribution in [0.15, 0.2) is 0 Å². The van der Waals surface area contributed by atoms with Gasteiger partial charge in [-0.05, 0) is 61.7 Å². The highest BCUT2D eigenvalue weighted by Crippen LogP contribution is 2.65. The largest absolute Gasteiger partial charge is 0.393 e. The van der Waals surface area contributed by atoms with E-state index in [0.29, 0.717) is 12.3 Å². The lowest BCUT2D eigenvalue weighted by Gasteiger charge is -2.65. The zero-order valence-electron chi connectivity index (χ0n) is 16.4. The highest BCUT2D eigenvalue weighted by atomic mass is 16.3. The Labute approximate surface area is 148 Å². The lowest BCUT2D eigenvalue weighted by molar-refractivity contribution is -0.229. The first-order chi connectivity index (χ1) is 11.0. The molecule has 3 heteroatoms. The fraction of sp³-hybridized carbons (Fsp3) is 1.00. The molecule has 3 aliphatic carbocycles. The molecule has 3 aliphatic rings. The van der Waals surface area contributed by atoms with Crippen molar-refractivity contribution in [3.8, 4) is 0 Å². The van der Waals surface area contributed by atoms with Gasteiger partial charge in [-0.15, -0.1) is 0 Å². The third-order valence-electron chi connectivity index (χ3n) is 8.76. The molecule has 0 saturated heterocycles. The van der Waals surface area contributed by atoms with Crippen molar-refractivity contribution in [3.63, 3.8) is 0 Å². The highest BCUT2D eigenvalue weighted by Gasteiger charge is 2.65. The lowest BCUT2D eigenvalue weighted by atomic mass is 9.42. The second kappa shape index (κ2) is 5.69. The molecule has 3 fully saturated rings. The Morgan fingerprint density at radius 1 is 1.12 bits per heavy atom. The van der Waals surface area contributed by atoms with Gasteiger partial charge in [0, 0.05) is 17.9 Å². The highest BCUT2D eigenvalue weighted by molar-refractivity contribution is 5.17. The van der Waals surface area contributed by atoms with Gasteiger partial charge in [0.05, 0.1) is 11.7 Å². The number of hydrogen-bond acceptors (Lipinski definition) is 3. The summed E-state index contributed by atoms with van der Waals surface area (Å²) in [5.74, 6) is 0.839. The van der Waals surface area contributed by atoms with E-state index in [-0.39, 0.29) is 28.2 Å². The molecule has 0 aromatic rings. The average molecular weight is 338 g/mol.